The first-order chi connectivity index (χ1) is 19.4. The van der Waals surface area contributed by atoms with E-state index in [2.05, 4.69) is 59.4 Å². The number of hydrogen-bond donors (Lipinski definition) is 1. The van der Waals surface area contributed by atoms with Crippen LogP contribution in [0.4, 0.5) is 16.4 Å². The average molecular weight is 875 g/mol. The third-order valence-corrected chi connectivity index (χ3v) is 5.24. The second-order valence-corrected chi connectivity index (χ2v) is 11.4. The van der Waals surface area contributed by atoms with Gasteiger partial charge in [0.2, 0.25) is 0 Å². The van der Waals surface area contributed by atoms with E-state index in [9.17, 15) is 0 Å². The molecule has 1 aromatic heterocycles. The Hall–Kier alpha value is -2.18. The smallest absolute Gasteiger partial charge is 0.550 e. The Kier molecular flexibility index (Phi) is 26.5. The molecule has 0 saturated carbocycles. The molecule has 0 amide bonds. The quantitative estimate of drug-likeness (QED) is 0.279. The average Bonchev–Trinajstić information content (AvgIpc) is 3.09. The molecule has 0 bridgehead atoms. The maximum Gasteiger partial charge on any atom is 4.00 e. The largest absolute Gasteiger partial charge is 4.00 e. The van der Waals surface area contributed by atoms with Crippen LogP contribution in [0.25, 0.3) is 0 Å². The maximum atomic E-state index is 8.89. The number of nitrogens with zero attached hydrogens (tertiary/aromatic N) is 3. The van der Waals surface area contributed by atoms with Crippen molar-refractivity contribution in [1.29, 1.82) is 0 Å². The molecule has 1 fully saturated rings. The van der Waals surface area contributed by atoms with E-state index < -0.39 is 28.2 Å². The van der Waals surface area contributed by atoms with Crippen LogP contribution in [0, 0.1) is 6.92 Å². The normalized spacial score (nSPS) is 12.4. The number of piperazine rings is 1. The molecule has 17 heteroatoms. The number of aliphatic carboxylic acids is 4. The van der Waals surface area contributed by atoms with Gasteiger partial charge >= 0.3 is 27.3 Å². The summed E-state index contributed by atoms with van der Waals surface area (Å²) in [6.45, 7) is 10.3. The van der Waals surface area contributed by atoms with Crippen molar-refractivity contribution in [3.8, 4) is 0 Å². The minimum Gasteiger partial charge on any atom is -0.550 e. The molecule has 4 rings (SSSR count). The van der Waals surface area contributed by atoms with Gasteiger partial charge in [-0.05, 0) is 59.9 Å². The predicted molar refractivity (Wildman–Crippen MR) is 164 cm³/mol. The van der Waals surface area contributed by atoms with Gasteiger partial charge in [-0.1, -0.05) is 46.9 Å². The van der Waals surface area contributed by atoms with Crippen LogP contribution in [0.2, 0.25) is 0 Å². The summed E-state index contributed by atoms with van der Waals surface area (Å²) in [5, 5.41) is 40.3. The number of anilines is 2. The third kappa shape index (κ3) is 26.0. The summed E-state index contributed by atoms with van der Waals surface area (Å²) in [4.78, 5) is 46.7. The van der Waals surface area contributed by atoms with Crippen LogP contribution in [0.15, 0.2) is 35.3 Å². The van der Waals surface area contributed by atoms with Crippen molar-refractivity contribution in [2.45, 2.75) is 38.9 Å². The first-order valence-electron chi connectivity index (χ1n) is 12.0. The fourth-order valence-corrected chi connectivity index (χ4v) is 3.93. The number of benzene rings is 1. The van der Waals surface area contributed by atoms with E-state index in [1.54, 1.807) is 11.3 Å². The third-order valence-electron chi connectivity index (χ3n) is 4.28. The number of carboxylic acids is 4. The predicted octanol–water partition coefficient (Wildman–Crippen LogP) is 0.0696. The van der Waals surface area contributed by atoms with E-state index in [1.807, 2.05) is 0 Å². The van der Waals surface area contributed by atoms with Crippen molar-refractivity contribution in [2.75, 3.05) is 38.5 Å². The molecule has 12 nitrogen and oxygen atoms in total. The summed E-state index contributed by atoms with van der Waals surface area (Å²) < 4.78 is -0.750. The van der Waals surface area contributed by atoms with Crippen molar-refractivity contribution < 1.29 is 39.6 Å². The zero-order chi connectivity index (χ0) is 33.0. The number of para-hydroxylation sites is 2. The maximum absolute atomic E-state index is 8.89. The molecule has 0 aliphatic carbocycles. The first kappa shape index (κ1) is 45.3. The molecule has 0 radical (unpaired) electrons. The molecule has 0 atom stereocenters. The fourth-order valence-electron chi connectivity index (χ4n) is 3.01. The van der Waals surface area contributed by atoms with Crippen LogP contribution in [0.3, 0.4) is 0 Å². The van der Waals surface area contributed by atoms with Crippen LogP contribution in [-0.2, 0) is 19.2 Å². The standard InChI is InChI=1S/C17H20N4S.4C2H4O2.CHCl3.Pb/c1-12-11-13-16(21-9-7-20(2)8-10-21)18-14-5-3-4-6-15(14)19-17(13)22-12;4*1-2(3)4;2-1(3)4;/h3-6,11,19H,7-10H2,1-2H3;4*1H3,(H,3,4);1H;/q;;;;;;+4/p-4. The van der Waals surface area contributed by atoms with Gasteiger partial charge in [0, 0.05) is 54.9 Å². The summed E-state index contributed by atoms with van der Waals surface area (Å²) in [7, 11) is 2.18. The Morgan fingerprint density at radius 1 is 0.860 bits per heavy atom. The zero-order valence-electron chi connectivity index (χ0n) is 24.4. The molecule has 2 aliphatic rings. The summed E-state index contributed by atoms with van der Waals surface area (Å²) in [5.74, 6) is -3.22. The zero-order valence-corrected chi connectivity index (χ0v) is 31.4. The van der Waals surface area contributed by atoms with Crippen LogP contribution in [0.1, 0.15) is 38.1 Å². The van der Waals surface area contributed by atoms with Gasteiger partial charge in [-0.3, -0.25) is 0 Å². The van der Waals surface area contributed by atoms with E-state index in [4.69, 9.17) is 79.4 Å². The summed E-state index contributed by atoms with van der Waals surface area (Å²) >= 11 is 16.2. The molecule has 0 unspecified atom stereocenters. The van der Waals surface area contributed by atoms with E-state index in [-0.39, 0.29) is 27.3 Å². The molecule has 1 N–H and O–H groups in total. The van der Waals surface area contributed by atoms with Gasteiger partial charge in [0.25, 0.3) is 0 Å². The number of aryl methyl sites for hydroxylation is 1. The molecule has 1 aromatic carbocycles. The number of carbonyl (C=O) groups is 4. The van der Waals surface area contributed by atoms with E-state index >= 15 is 0 Å². The van der Waals surface area contributed by atoms with Gasteiger partial charge in [0.15, 0.2) is 4.30 Å². The number of carboxylic acid groups (broad SMARTS) is 4. The number of hydrogen-bond acceptors (Lipinski definition) is 13. The summed E-state index contributed by atoms with van der Waals surface area (Å²) in [6, 6.07) is 10.6. The molecular weight excluding hydrogens is 842 g/mol. The van der Waals surface area contributed by atoms with Crippen LogP contribution < -0.4 is 25.7 Å². The Morgan fingerprint density at radius 3 is 1.67 bits per heavy atom. The van der Waals surface area contributed by atoms with Gasteiger partial charge in [0.05, 0.1) is 16.9 Å². The van der Waals surface area contributed by atoms with Crippen molar-refractivity contribution in [2.24, 2.45) is 4.99 Å². The molecule has 3 heterocycles. The first-order valence-corrected chi connectivity index (χ1v) is 14.1. The topological polar surface area (TPSA) is 191 Å². The minimum atomic E-state index is -1.08. The van der Waals surface area contributed by atoms with Gasteiger partial charge in [-0.25, -0.2) is 4.99 Å². The van der Waals surface area contributed by atoms with E-state index in [1.165, 1.54) is 15.4 Å². The second-order valence-electron chi connectivity index (χ2n) is 8.18. The molecule has 0 spiro atoms. The molecule has 2 aliphatic heterocycles. The Balaban J connectivity index is -0.000000630. The Labute approximate surface area is 290 Å². The van der Waals surface area contributed by atoms with Gasteiger partial charge in [0.1, 0.15) is 10.8 Å². The number of alkyl halides is 3. The molecule has 2 aromatic rings. The number of aliphatic imine (C=N–C) groups is 1. The van der Waals surface area contributed by atoms with E-state index in [0.29, 0.717) is 0 Å². The van der Waals surface area contributed by atoms with Crippen molar-refractivity contribution >= 4 is 120 Å². The number of fused-ring (bicyclic) bond motifs is 2. The van der Waals surface area contributed by atoms with Crippen molar-refractivity contribution in [1.82, 2.24) is 9.80 Å². The van der Waals surface area contributed by atoms with Crippen LogP contribution >= 0.6 is 46.1 Å². The van der Waals surface area contributed by atoms with Crippen LogP contribution in [-0.4, -0.2) is 104 Å². The number of halogens is 3. The van der Waals surface area contributed by atoms with Crippen LogP contribution in [0.5, 0.6) is 0 Å². The summed E-state index contributed by atoms with van der Waals surface area (Å²) in [6.07, 6.45) is 0. The molecular formula is C26H33Cl3N4O8PbS. The molecule has 43 heavy (non-hydrogen) atoms. The van der Waals surface area contributed by atoms with Crippen molar-refractivity contribution in [3.05, 3.63) is 40.8 Å². The SMILES string of the molecule is CC(=O)[O-].CC(=O)[O-].CC(=O)[O-].CC(=O)[O-].Cc1cc2c(s1)Nc1ccccc1N=C2N1CCN(C)CC1.ClC(Cl)Cl.[Pb+4]. The molecule has 1 saturated heterocycles. The Bertz CT molecular complexity index is 1110. The molecule has 236 valence electrons. The van der Waals surface area contributed by atoms with Crippen molar-refractivity contribution in [3.63, 3.8) is 0 Å². The Morgan fingerprint density at radius 2 is 1.26 bits per heavy atom. The number of nitrogens with one attached hydrogen (secondary N) is 1. The van der Waals surface area contributed by atoms with E-state index in [0.717, 1.165) is 71.1 Å². The number of thiophene rings is 1. The number of likely N-dealkylation sites (N-methyl/N-ethyl adjacent to an activating group) is 1. The second kappa shape index (κ2) is 25.2. The monoisotopic (exact) mass is 874 g/mol. The minimum absolute atomic E-state index is 0. The number of carbonyl (C=O) groups excluding carboxylic acids is 4. The van der Waals surface area contributed by atoms with Gasteiger partial charge < -0.3 is 54.7 Å². The van der Waals surface area contributed by atoms with Gasteiger partial charge in [-0.15, -0.1) is 11.3 Å². The van der Waals surface area contributed by atoms with Gasteiger partial charge in [-0.2, -0.15) is 0 Å². The fraction of sp³-hybridized carbons (Fsp3) is 0.423. The number of rotatable bonds is 0. The summed E-state index contributed by atoms with van der Waals surface area (Å²) in [5.41, 5.74) is 3.36. The number of amidine groups is 1.